The maximum Gasteiger partial charge on any atom is 0.305 e. The molecule has 0 fully saturated rings. The van der Waals surface area contributed by atoms with Crippen molar-refractivity contribution in [2.75, 3.05) is 12.4 Å². The summed E-state index contributed by atoms with van der Waals surface area (Å²) in [5.74, 6) is -0.447. The molecule has 1 amide bonds. The van der Waals surface area contributed by atoms with Crippen molar-refractivity contribution < 1.29 is 14.3 Å². The van der Waals surface area contributed by atoms with Crippen LogP contribution in [0.3, 0.4) is 0 Å². The Kier molecular flexibility index (Phi) is 5.49. The average molecular weight is 256 g/mol. The number of hydrogen-bond donors (Lipinski definition) is 1. The van der Waals surface area contributed by atoms with Crippen molar-refractivity contribution >= 4 is 29.2 Å². The van der Waals surface area contributed by atoms with Crippen molar-refractivity contribution in [2.24, 2.45) is 0 Å². The lowest BCUT2D eigenvalue weighted by atomic mass is 10.2. The lowest BCUT2D eigenvalue weighted by Gasteiger charge is -2.05. The molecule has 0 heterocycles. The van der Waals surface area contributed by atoms with E-state index in [-0.39, 0.29) is 24.7 Å². The number of hydrogen-bond acceptors (Lipinski definition) is 3. The summed E-state index contributed by atoms with van der Waals surface area (Å²) in [7, 11) is 1.33. The van der Waals surface area contributed by atoms with Crippen LogP contribution in [0.1, 0.15) is 19.3 Å². The number of methoxy groups -OCH3 is 1. The first-order valence-corrected chi connectivity index (χ1v) is 5.62. The Morgan fingerprint density at radius 3 is 2.76 bits per heavy atom. The molecule has 1 rings (SSSR count). The lowest BCUT2D eigenvalue weighted by molar-refractivity contribution is -0.140. The highest BCUT2D eigenvalue weighted by Gasteiger charge is 2.05. The Morgan fingerprint density at radius 2 is 2.12 bits per heavy atom. The van der Waals surface area contributed by atoms with Crippen LogP contribution in [0, 0.1) is 0 Å². The standard InChI is InChI=1S/C12H14ClNO3/c1-17-12(16)7-3-6-11(15)14-10-5-2-4-9(13)8-10/h2,4-5,8H,3,6-7H2,1H3,(H,14,15). The highest BCUT2D eigenvalue weighted by atomic mass is 35.5. The molecule has 1 aromatic rings. The SMILES string of the molecule is COC(=O)CCCC(=O)Nc1cccc(Cl)c1. The molecular weight excluding hydrogens is 242 g/mol. The zero-order valence-corrected chi connectivity index (χ0v) is 10.3. The number of esters is 1. The van der Waals surface area contributed by atoms with Gasteiger partial charge in [0.2, 0.25) is 5.91 Å². The minimum absolute atomic E-state index is 0.142. The summed E-state index contributed by atoms with van der Waals surface area (Å²) in [6.07, 6.45) is 1.00. The molecule has 0 bridgehead atoms. The van der Waals surface area contributed by atoms with E-state index in [9.17, 15) is 9.59 Å². The molecule has 0 spiro atoms. The van der Waals surface area contributed by atoms with Gasteiger partial charge in [-0.2, -0.15) is 0 Å². The Balaban J connectivity index is 2.32. The van der Waals surface area contributed by atoms with Crippen LogP contribution >= 0.6 is 11.6 Å². The molecule has 92 valence electrons. The van der Waals surface area contributed by atoms with E-state index in [0.717, 1.165) is 0 Å². The monoisotopic (exact) mass is 255 g/mol. The van der Waals surface area contributed by atoms with Crippen LogP contribution in [0.15, 0.2) is 24.3 Å². The molecule has 0 radical (unpaired) electrons. The molecule has 0 aliphatic heterocycles. The molecule has 1 aromatic carbocycles. The number of carbonyl (C=O) groups excluding carboxylic acids is 2. The summed E-state index contributed by atoms with van der Waals surface area (Å²) in [6, 6.07) is 6.91. The topological polar surface area (TPSA) is 55.4 Å². The Morgan fingerprint density at radius 1 is 1.35 bits per heavy atom. The van der Waals surface area contributed by atoms with Crippen LogP contribution in [-0.2, 0) is 14.3 Å². The molecule has 0 saturated carbocycles. The van der Waals surface area contributed by atoms with Crippen LogP contribution in [0.5, 0.6) is 0 Å². The van der Waals surface area contributed by atoms with E-state index in [1.54, 1.807) is 24.3 Å². The zero-order chi connectivity index (χ0) is 12.7. The second-order valence-electron chi connectivity index (χ2n) is 3.49. The number of carbonyl (C=O) groups is 2. The third kappa shape index (κ3) is 5.36. The van der Waals surface area contributed by atoms with Gasteiger partial charge in [0.05, 0.1) is 7.11 Å². The van der Waals surface area contributed by atoms with E-state index in [0.29, 0.717) is 17.1 Å². The first kappa shape index (κ1) is 13.5. The van der Waals surface area contributed by atoms with Gasteiger partial charge in [0.1, 0.15) is 0 Å². The van der Waals surface area contributed by atoms with Gasteiger partial charge in [-0.1, -0.05) is 17.7 Å². The third-order valence-corrected chi connectivity index (χ3v) is 2.36. The van der Waals surface area contributed by atoms with Gasteiger partial charge in [0.25, 0.3) is 0 Å². The minimum atomic E-state index is -0.305. The number of ether oxygens (including phenoxy) is 1. The van der Waals surface area contributed by atoms with Gasteiger partial charge in [0, 0.05) is 23.6 Å². The smallest absolute Gasteiger partial charge is 0.305 e. The summed E-state index contributed by atoms with van der Waals surface area (Å²) in [6.45, 7) is 0. The van der Waals surface area contributed by atoms with Crippen molar-refractivity contribution in [3.63, 3.8) is 0 Å². The van der Waals surface area contributed by atoms with Crippen LogP contribution in [0.4, 0.5) is 5.69 Å². The van der Waals surface area contributed by atoms with Crippen molar-refractivity contribution in [2.45, 2.75) is 19.3 Å². The van der Waals surface area contributed by atoms with Crippen molar-refractivity contribution in [3.05, 3.63) is 29.3 Å². The van der Waals surface area contributed by atoms with E-state index in [4.69, 9.17) is 11.6 Å². The molecule has 0 saturated heterocycles. The number of halogens is 1. The van der Waals surface area contributed by atoms with Crippen molar-refractivity contribution in [3.8, 4) is 0 Å². The van der Waals surface area contributed by atoms with Gasteiger partial charge in [-0.3, -0.25) is 9.59 Å². The van der Waals surface area contributed by atoms with Crippen LogP contribution in [0.25, 0.3) is 0 Å². The molecule has 17 heavy (non-hydrogen) atoms. The fourth-order valence-electron chi connectivity index (χ4n) is 1.29. The summed E-state index contributed by atoms with van der Waals surface area (Å²) >= 11 is 5.78. The highest BCUT2D eigenvalue weighted by molar-refractivity contribution is 6.30. The molecule has 0 unspecified atom stereocenters. The maximum absolute atomic E-state index is 11.5. The molecule has 0 aliphatic carbocycles. The minimum Gasteiger partial charge on any atom is -0.469 e. The number of benzene rings is 1. The fraction of sp³-hybridized carbons (Fsp3) is 0.333. The fourth-order valence-corrected chi connectivity index (χ4v) is 1.48. The van der Waals surface area contributed by atoms with Gasteiger partial charge in [-0.15, -0.1) is 0 Å². The summed E-state index contributed by atoms with van der Waals surface area (Å²) in [5, 5.41) is 3.27. The molecule has 4 nitrogen and oxygen atoms in total. The number of amides is 1. The second-order valence-corrected chi connectivity index (χ2v) is 3.92. The lowest BCUT2D eigenvalue weighted by Crippen LogP contribution is -2.12. The number of nitrogens with one attached hydrogen (secondary N) is 1. The average Bonchev–Trinajstić information content (AvgIpc) is 2.28. The van der Waals surface area contributed by atoms with Gasteiger partial charge < -0.3 is 10.1 Å². The van der Waals surface area contributed by atoms with Crippen molar-refractivity contribution in [1.82, 2.24) is 0 Å². The Labute approximate surface area is 105 Å². The second kappa shape index (κ2) is 6.91. The molecule has 0 aromatic heterocycles. The summed E-state index contributed by atoms with van der Waals surface area (Å²) in [5.41, 5.74) is 0.653. The van der Waals surface area contributed by atoms with Crippen LogP contribution < -0.4 is 5.32 Å². The predicted molar refractivity (Wildman–Crippen MR) is 65.9 cm³/mol. The molecule has 5 heteroatoms. The van der Waals surface area contributed by atoms with E-state index in [1.165, 1.54) is 7.11 Å². The largest absolute Gasteiger partial charge is 0.469 e. The molecule has 1 N–H and O–H groups in total. The number of rotatable bonds is 5. The third-order valence-electron chi connectivity index (χ3n) is 2.12. The maximum atomic E-state index is 11.5. The highest BCUT2D eigenvalue weighted by Crippen LogP contribution is 2.15. The van der Waals surface area contributed by atoms with Gasteiger partial charge in [-0.25, -0.2) is 0 Å². The van der Waals surface area contributed by atoms with Crippen molar-refractivity contribution in [1.29, 1.82) is 0 Å². The Hall–Kier alpha value is -1.55. The normalized spacial score (nSPS) is 9.76. The van der Waals surface area contributed by atoms with Crippen LogP contribution in [0.2, 0.25) is 5.02 Å². The zero-order valence-electron chi connectivity index (χ0n) is 9.53. The first-order chi connectivity index (χ1) is 8.11. The van der Waals surface area contributed by atoms with E-state index >= 15 is 0 Å². The molecular formula is C12H14ClNO3. The number of anilines is 1. The molecule has 0 aliphatic rings. The van der Waals surface area contributed by atoms with E-state index in [2.05, 4.69) is 10.1 Å². The van der Waals surface area contributed by atoms with E-state index in [1.807, 2.05) is 0 Å². The quantitative estimate of drug-likeness (QED) is 0.823. The predicted octanol–water partition coefficient (Wildman–Crippen LogP) is 2.62. The first-order valence-electron chi connectivity index (χ1n) is 5.24. The Bertz CT molecular complexity index is 406. The molecule has 0 atom stereocenters. The van der Waals surface area contributed by atoms with Gasteiger partial charge in [0.15, 0.2) is 0 Å². The van der Waals surface area contributed by atoms with Crippen LogP contribution in [-0.4, -0.2) is 19.0 Å². The van der Waals surface area contributed by atoms with Gasteiger partial charge in [-0.05, 0) is 24.6 Å². The van der Waals surface area contributed by atoms with Gasteiger partial charge >= 0.3 is 5.97 Å². The van der Waals surface area contributed by atoms with E-state index < -0.39 is 0 Å². The summed E-state index contributed by atoms with van der Waals surface area (Å²) in [4.78, 5) is 22.3. The summed E-state index contributed by atoms with van der Waals surface area (Å²) < 4.78 is 4.48.